The van der Waals surface area contributed by atoms with Crippen molar-refractivity contribution in [2.24, 2.45) is 0 Å². The van der Waals surface area contributed by atoms with E-state index in [0.717, 1.165) is 35.5 Å². The summed E-state index contributed by atoms with van der Waals surface area (Å²) in [4.78, 5) is 29.6. The van der Waals surface area contributed by atoms with E-state index < -0.39 is 0 Å². The van der Waals surface area contributed by atoms with Crippen LogP contribution < -0.4 is 5.32 Å². The molecule has 1 N–H and O–H groups in total. The molecule has 3 amide bonds. The third-order valence-corrected chi connectivity index (χ3v) is 6.54. The molecule has 1 aromatic heterocycles. The topological polar surface area (TPSA) is 57.6 Å². The van der Waals surface area contributed by atoms with Gasteiger partial charge in [-0.1, -0.05) is 55.3 Å². The number of piperazine rings is 1. The van der Waals surface area contributed by atoms with Crippen molar-refractivity contribution in [3.05, 3.63) is 76.9 Å². The normalized spacial score (nSPS) is 13.7. The summed E-state index contributed by atoms with van der Waals surface area (Å²) in [6, 6.07) is 19.6. The number of amides is 3. The average molecular weight is 479 g/mol. The second kappa shape index (κ2) is 10.8. The molecule has 6 nitrogen and oxygen atoms in total. The summed E-state index contributed by atoms with van der Waals surface area (Å²) in [7, 11) is 0. The summed E-state index contributed by atoms with van der Waals surface area (Å²) in [5.74, 6) is -0.00608. The quantitative estimate of drug-likeness (QED) is 0.484. The third-order valence-electron chi connectivity index (χ3n) is 6.29. The van der Waals surface area contributed by atoms with Crippen molar-refractivity contribution < 1.29 is 9.59 Å². The van der Waals surface area contributed by atoms with Gasteiger partial charge in [-0.2, -0.15) is 0 Å². The van der Waals surface area contributed by atoms with Crippen molar-refractivity contribution in [1.82, 2.24) is 19.7 Å². The first-order valence-electron chi connectivity index (χ1n) is 11.9. The Morgan fingerprint density at radius 3 is 2.24 bits per heavy atom. The molecule has 1 aliphatic rings. The zero-order valence-corrected chi connectivity index (χ0v) is 20.5. The molecule has 4 rings (SSSR count). The van der Waals surface area contributed by atoms with Gasteiger partial charge in [0.05, 0.1) is 11.3 Å². The van der Waals surface area contributed by atoms with E-state index in [1.165, 1.54) is 0 Å². The van der Waals surface area contributed by atoms with Crippen molar-refractivity contribution in [2.75, 3.05) is 32.7 Å². The molecule has 7 heteroatoms. The number of unbranched alkanes of at least 4 members (excludes halogenated alkanes) is 1. The highest BCUT2D eigenvalue weighted by Gasteiger charge is 2.28. The van der Waals surface area contributed by atoms with Crippen molar-refractivity contribution in [2.45, 2.75) is 26.7 Å². The van der Waals surface area contributed by atoms with Crippen molar-refractivity contribution in [3.63, 3.8) is 0 Å². The summed E-state index contributed by atoms with van der Waals surface area (Å²) >= 11 is 6.11. The number of hydrogen-bond acceptors (Lipinski definition) is 2. The van der Waals surface area contributed by atoms with Gasteiger partial charge in [-0.05, 0) is 49.2 Å². The number of nitrogens with one attached hydrogen (secondary N) is 1. The monoisotopic (exact) mass is 478 g/mol. The molecule has 0 bridgehead atoms. The highest BCUT2D eigenvalue weighted by Crippen LogP contribution is 2.31. The number of nitrogens with zero attached hydrogens (tertiary/aromatic N) is 3. The van der Waals surface area contributed by atoms with Crippen LogP contribution in [-0.4, -0.2) is 59.0 Å². The minimum absolute atomic E-state index is 0.00608. The standard InChI is InChI=1S/C27H31ClN4O2/c1-3-4-14-29-27(34)31-17-15-30(16-18-31)26(33)24-19-25(21-10-12-22(28)13-11-21)32(20(24)2)23-8-6-5-7-9-23/h5-13,19H,3-4,14-18H2,1-2H3,(H,29,34). The van der Waals surface area contributed by atoms with E-state index in [0.29, 0.717) is 43.3 Å². The predicted molar refractivity (Wildman–Crippen MR) is 137 cm³/mol. The first kappa shape index (κ1) is 23.9. The second-order valence-electron chi connectivity index (χ2n) is 8.57. The highest BCUT2D eigenvalue weighted by atomic mass is 35.5. The maximum absolute atomic E-state index is 13.6. The van der Waals surface area contributed by atoms with Gasteiger partial charge in [0.2, 0.25) is 0 Å². The molecular formula is C27H31ClN4O2. The molecule has 0 saturated carbocycles. The van der Waals surface area contributed by atoms with Gasteiger partial charge in [-0.15, -0.1) is 0 Å². The van der Waals surface area contributed by atoms with Gasteiger partial charge in [-0.25, -0.2) is 4.79 Å². The van der Waals surface area contributed by atoms with Gasteiger partial charge in [0.1, 0.15) is 0 Å². The number of benzene rings is 2. The molecule has 0 spiro atoms. The zero-order valence-electron chi connectivity index (χ0n) is 19.8. The fourth-order valence-corrected chi connectivity index (χ4v) is 4.46. The number of rotatable bonds is 6. The molecule has 2 aromatic carbocycles. The van der Waals surface area contributed by atoms with Crippen LogP contribution in [0.2, 0.25) is 5.02 Å². The number of hydrogen-bond donors (Lipinski definition) is 1. The maximum Gasteiger partial charge on any atom is 0.317 e. The van der Waals surface area contributed by atoms with Gasteiger partial charge in [0.25, 0.3) is 5.91 Å². The molecule has 0 atom stereocenters. The zero-order chi connectivity index (χ0) is 24.1. The van der Waals surface area contributed by atoms with E-state index in [1.54, 1.807) is 4.90 Å². The third kappa shape index (κ3) is 5.12. The Labute approximate surface area is 206 Å². The molecular weight excluding hydrogens is 448 g/mol. The molecule has 2 heterocycles. The van der Waals surface area contributed by atoms with E-state index in [9.17, 15) is 9.59 Å². The van der Waals surface area contributed by atoms with Crippen LogP contribution >= 0.6 is 11.6 Å². The number of halogens is 1. The molecule has 0 unspecified atom stereocenters. The Hall–Kier alpha value is -3.25. The van der Waals surface area contributed by atoms with Crippen LogP contribution in [0.5, 0.6) is 0 Å². The fourth-order valence-electron chi connectivity index (χ4n) is 4.33. The minimum Gasteiger partial charge on any atom is -0.338 e. The number of urea groups is 1. The summed E-state index contributed by atoms with van der Waals surface area (Å²) in [6.07, 6.45) is 2.01. The molecule has 178 valence electrons. The first-order valence-corrected chi connectivity index (χ1v) is 12.2. The number of carbonyl (C=O) groups excluding carboxylic acids is 2. The van der Waals surface area contributed by atoms with Crippen LogP contribution in [0.4, 0.5) is 4.79 Å². The Kier molecular flexibility index (Phi) is 7.58. The lowest BCUT2D eigenvalue weighted by molar-refractivity contribution is 0.0664. The van der Waals surface area contributed by atoms with Crippen LogP contribution in [0.1, 0.15) is 35.8 Å². The van der Waals surface area contributed by atoms with Gasteiger partial charge in [-0.3, -0.25) is 4.79 Å². The average Bonchev–Trinajstić information content (AvgIpc) is 3.21. The van der Waals surface area contributed by atoms with Crippen molar-refractivity contribution in [3.8, 4) is 16.9 Å². The van der Waals surface area contributed by atoms with Gasteiger partial charge < -0.3 is 19.7 Å². The second-order valence-corrected chi connectivity index (χ2v) is 9.01. The summed E-state index contributed by atoms with van der Waals surface area (Å²) in [6.45, 7) is 6.88. The fraction of sp³-hybridized carbons (Fsp3) is 0.333. The van der Waals surface area contributed by atoms with Crippen LogP contribution in [0.3, 0.4) is 0 Å². The van der Waals surface area contributed by atoms with Crippen LogP contribution in [0.25, 0.3) is 16.9 Å². The molecule has 34 heavy (non-hydrogen) atoms. The summed E-state index contributed by atoms with van der Waals surface area (Å²) < 4.78 is 2.12. The molecule has 3 aromatic rings. The molecule has 1 aliphatic heterocycles. The molecule has 1 fully saturated rings. The van der Waals surface area contributed by atoms with E-state index >= 15 is 0 Å². The highest BCUT2D eigenvalue weighted by molar-refractivity contribution is 6.30. The number of carbonyl (C=O) groups is 2. The van der Waals surface area contributed by atoms with Gasteiger partial charge >= 0.3 is 6.03 Å². The van der Waals surface area contributed by atoms with E-state index in [-0.39, 0.29) is 11.9 Å². The number of para-hydroxylation sites is 1. The van der Waals surface area contributed by atoms with Gasteiger partial charge in [0, 0.05) is 49.1 Å². The number of aromatic nitrogens is 1. The lowest BCUT2D eigenvalue weighted by Gasteiger charge is -2.34. The smallest absolute Gasteiger partial charge is 0.317 e. The van der Waals surface area contributed by atoms with E-state index in [2.05, 4.69) is 16.8 Å². The van der Waals surface area contributed by atoms with Crippen LogP contribution in [0, 0.1) is 6.92 Å². The van der Waals surface area contributed by atoms with Crippen LogP contribution in [0.15, 0.2) is 60.7 Å². The van der Waals surface area contributed by atoms with Crippen molar-refractivity contribution >= 4 is 23.5 Å². The Balaban J connectivity index is 1.57. The largest absolute Gasteiger partial charge is 0.338 e. The Morgan fingerprint density at radius 1 is 0.941 bits per heavy atom. The first-order chi connectivity index (χ1) is 16.5. The van der Waals surface area contributed by atoms with Gasteiger partial charge in [0.15, 0.2) is 0 Å². The lowest BCUT2D eigenvalue weighted by Crippen LogP contribution is -2.53. The SMILES string of the molecule is CCCCNC(=O)N1CCN(C(=O)c2cc(-c3ccc(Cl)cc3)n(-c3ccccc3)c2C)CC1. The lowest BCUT2D eigenvalue weighted by atomic mass is 10.1. The Morgan fingerprint density at radius 2 is 1.59 bits per heavy atom. The minimum atomic E-state index is -0.0445. The van der Waals surface area contributed by atoms with Crippen LogP contribution in [-0.2, 0) is 0 Å². The maximum atomic E-state index is 13.6. The summed E-state index contributed by atoms with van der Waals surface area (Å²) in [5.41, 5.74) is 4.50. The van der Waals surface area contributed by atoms with E-state index in [1.807, 2.05) is 72.5 Å². The summed E-state index contributed by atoms with van der Waals surface area (Å²) in [5, 5.41) is 3.63. The Bertz CT molecular complexity index is 1130. The van der Waals surface area contributed by atoms with Crippen molar-refractivity contribution in [1.29, 1.82) is 0 Å². The molecule has 1 saturated heterocycles. The molecule has 0 aliphatic carbocycles. The predicted octanol–water partition coefficient (Wildman–Crippen LogP) is 5.37. The van der Waals surface area contributed by atoms with E-state index in [4.69, 9.17) is 11.6 Å². The molecule has 0 radical (unpaired) electrons.